The number of ether oxygens (including phenoxy) is 1. The molecule has 1 aromatic carbocycles. The van der Waals surface area contributed by atoms with Crippen molar-refractivity contribution in [3.8, 4) is 5.75 Å². The molecule has 0 radical (unpaired) electrons. The van der Waals surface area contributed by atoms with E-state index in [1.54, 1.807) is 19.1 Å². The average molecular weight is 457 g/mol. The van der Waals surface area contributed by atoms with E-state index in [1.807, 2.05) is 0 Å². The van der Waals surface area contributed by atoms with Gasteiger partial charge in [0, 0.05) is 4.47 Å². The molecule has 1 amide bonds. The molecule has 1 aromatic rings. The first-order chi connectivity index (χ1) is 12.8. The van der Waals surface area contributed by atoms with E-state index in [4.69, 9.17) is 4.74 Å². The molecule has 4 aliphatic rings. The Labute approximate surface area is 168 Å². The second-order valence-corrected chi connectivity index (χ2v) is 10.8. The van der Waals surface area contributed by atoms with Gasteiger partial charge in [-0.3, -0.25) is 10.2 Å². The Bertz CT molecular complexity index is 820. The van der Waals surface area contributed by atoms with Gasteiger partial charge in [-0.15, -0.1) is 4.83 Å². The molecule has 8 heteroatoms. The highest BCUT2D eigenvalue weighted by Crippen LogP contribution is 2.60. The van der Waals surface area contributed by atoms with Crippen LogP contribution in [0.1, 0.15) is 45.4 Å². The second kappa shape index (κ2) is 7.04. The zero-order valence-electron chi connectivity index (χ0n) is 15.3. The first-order valence-corrected chi connectivity index (χ1v) is 11.8. The molecule has 0 spiro atoms. The average Bonchev–Trinajstić information content (AvgIpc) is 2.60. The van der Waals surface area contributed by atoms with Crippen LogP contribution in [-0.4, -0.2) is 20.9 Å². The summed E-state index contributed by atoms with van der Waals surface area (Å²) in [7, 11) is -3.94. The Hall–Kier alpha value is -1.12. The molecular formula is C19H25BrN2O4S. The number of benzene rings is 1. The van der Waals surface area contributed by atoms with Crippen molar-refractivity contribution >= 4 is 31.9 Å². The number of carbonyl (C=O) groups is 1. The number of carbonyl (C=O) groups excluding carboxylic acids is 1. The highest BCUT2D eigenvalue weighted by Gasteiger charge is 2.54. The summed E-state index contributed by atoms with van der Waals surface area (Å²) in [5, 5.41) is 0. The van der Waals surface area contributed by atoms with Gasteiger partial charge in [-0.25, -0.2) is 8.42 Å². The fourth-order valence-corrected chi connectivity index (χ4v) is 7.18. The maximum atomic E-state index is 13.0. The highest BCUT2D eigenvalue weighted by molar-refractivity contribution is 9.10. The molecule has 0 atom stereocenters. The van der Waals surface area contributed by atoms with Crippen molar-refractivity contribution in [2.75, 3.05) is 6.61 Å². The van der Waals surface area contributed by atoms with Crippen molar-refractivity contribution in [3.63, 3.8) is 0 Å². The lowest BCUT2D eigenvalue weighted by atomic mass is 9.49. The monoisotopic (exact) mass is 456 g/mol. The Morgan fingerprint density at radius 3 is 2.33 bits per heavy atom. The van der Waals surface area contributed by atoms with E-state index in [-0.39, 0.29) is 16.6 Å². The van der Waals surface area contributed by atoms with E-state index in [2.05, 4.69) is 26.2 Å². The molecule has 4 aliphatic carbocycles. The molecule has 4 bridgehead atoms. The summed E-state index contributed by atoms with van der Waals surface area (Å²) >= 11 is 3.29. The van der Waals surface area contributed by atoms with Gasteiger partial charge in [0.15, 0.2) is 0 Å². The molecule has 0 aliphatic heterocycles. The Morgan fingerprint density at radius 1 is 1.19 bits per heavy atom. The van der Waals surface area contributed by atoms with Gasteiger partial charge in [0.25, 0.3) is 10.0 Å². The van der Waals surface area contributed by atoms with Crippen LogP contribution in [-0.2, 0) is 14.8 Å². The number of hydrogen-bond donors (Lipinski definition) is 2. The van der Waals surface area contributed by atoms with E-state index in [0.717, 1.165) is 19.3 Å². The summed E-state index contributed by atoms with van der Waals surface area (Å²) < 4.78 is 31.6. The lowest BCUT2D eigenvalue weighted by Crippen LogP contribution is -2.56. The minimum absolute atomic E-state index is 0.00420. The van der Waals surface area contributed by atoms with Gasteiger partial charge in [0.1, 0.15) is 10.6 Å². The first-order valence-electron chi connectivity index (χ1n) is 9.56. The zero-order valence-corrected chi connectivity index (χ0v) is 17.7. The Morgan fingerprint density at radius 2 is 1.78 bits per heavy atom. The van der Waals surface area contributed by atoms with E-state index in [9.17, 15) is 13.2 Å². The maximum Gasteiger partial charge on any atom is 0.261 e. The summed E-state index contributed by atoms with van der Waals surface area (Å²) in [5.41, 5.74) is 2.11. The van der Waals surface area contributed by atoms with E-state index in [1.165, 1.54) is 25.3 Å². The van der Waals surface area contributed by atoms with Crippen LogP contribution >= 0.6 is 15.9 Å². The summed E-state index contributed by atoms with van der Waals surface area (Å²) in [4.78, 5) is 15.3. The number of hydrazine groups is 1. The molecule has 0 unspecified atom stereocenters. The maximum absolute atomic E-state index is 13.0. The van der Waals surface area contributed by atoms with Gasteiger partial charge in [0.05, 0.1) is 12.0 Å². The number of halogens is 1. The van der Waals surface area contributed by atoms with Crippen molar-refractivity contribution in [2.45, 2.75) is 50.3 Å². The normalized spacial score (nSPS) is 31.7. The summed E-state index contributed by atoms with van der Waals surface area (Å²) in [5.74, 6) is 1.94. The van der Waals surface area contributed by atoms with E-state index >= 15 is 0 Å². The molecule has 0 saturated heterocycles. The Kier molecular flexibility index (Phi) is 5.01. The summed E-state index contributed by atoms with van der Waals surface area (Å²) in [6.07, 6.45) is 6.34. The lowest BCUT2D eigenvalue weighted by Gasteiger charge is -2.55. The highest BCUT2D eigenvalue weighted by atomic mass is 79.9. The number of amides is 1. The number of rotatable bonds is 6. The van der Waals surface area contributed by atoms with Crippen molar-refractivity contribution < 1.29 is 17.9 Å². The molecule has 5 rings (SSSR count). The van der Waals surface area contributed by atoms with Gasteiger partial charge >= 0.3 is 0 Å². The zero-order chi connectivity index (χ0) is 19.2. The van der Waals surface area contributed by atoms with Crippen molar-refractivity contribution in [1.29, 1.82) is 0 Å². The molecular weight excluding hydrogens is 432 g/mol. The molecule has 0 aromatic heterocycles. The van der Waals surface area contributed by atoms with Crippen LogP contribution in [0, 0.1) is 23.2 Å². The van der Waals surface area contributed by atoms with Gasteiger partial charge < -0.3 is 4.74 Å². The number of hydrogen-bond acceptors (Lipinski definition) is 4. The van der Waals surface area contributed by atoms with Crippen LogP contribution in [0.2, 0.25) is 0 Å². The lowest BCUT2D eigenvalue weighted by molar-refractivity contribution is -0.146. The molecule has 6 nitrogen and oxygen atoms in total. The van der Waals surface area contributed by atoms with Crippen LogP contribution in [0.3, 0.4) is 0 Å². The molecule has 27 heavy (non-hydrogen) atoms. The molecule has 0 heterocycles. The van der Waals surface area contributed by atoms with Crippen molar-refractivity contribution in [1.82, 2.24) is 10.3 Å². The van der Waals surface area contributed by atoms with E-state index in [0.29, 0.717) is 28.8 Å². The third-order valence-corrected chi connectivity index (χ3v) is 8.08. The van der Waals surface area contributed by atoms with Gasteiger partial charge in [-0.2, -0.15) is 0 Å². The standard InChI is InChI=1S/C19H25BrN2O4S/c1-2-26-16-4-3-15(20)8-17(16)27(24,25)22-21-18(23)19-9-12-5-13(10-19)7-14(6-12)11-19/h3-4,8,12-14,22H,2,5-7,9-11H2,1H3,(H,21,23). The molecule has 148 valence electrons. The third-order valence-electron chi connectivity index (χ3n) is 6.31. The second-order valence-electron chi connectivity index (χ2n) is 8.28. The summed E-state index contributed by atoms with van der Waals surface area (Å²) in [6, 6.07) is 4.80. The minimum atomic E-state index is -3.94. The number of sulfonamides is 1. The molecule has 4 saturated carbocycles. The van der Waals surface area contributed by atoms with Crippen molar-refractivity contribution in [3.05, 3.63) is 22.7 Å². The molecule has 2 N–H and O–H groups in total. The SMILES string of the molecule is CCOc1ccc(Br)cc1S(=O)(=O)NNC(=O)C12CC3CC(CC(C3)C1)C2. The van der Waals surface area contributed by atoms with Gasteiger partial charge in [-0.1, -0.05) is 15.9 Å². The number of nitrogens with one attached hydrogen (secondary N) is 2. The first kappa shape index (κ1) is 19.2. The largest absolute Gasteiger partial charge is 0.492 e. The fraction of sp³-hybridized carbons (Fsp3) is 0.632. The smallest absolute Gasteiger partial charge is 0.261 e. The predicted octanol–water partition coefficient (Wildman–Crippen LogP) is 3.37. The Balaban J connectivity index is 1.50. The van der Waals surface area contributed by atoms with E-state index < -0.39 is 15.4 Å². The van der Waals surface area contributed by atoms with Crippen LogP contribution in [0.25, 0.3) is 0 Å². The van der Waals surface area contributed by atoms with Crippen LogP contribution < -0.4 is 15.0 Å². The summed E-state index contributed by atoms with van der Waals surface area (Å²) in [6.45, 7) is 2.14. The minimum Gasteiger partial charge on any atom is -0.492 e. The van der Waals surface area contributed by atoms with Crippen LogP contribution in [0.15, 0.2) is 27.6 Å². The molecule has 4 fully saturated rings. The quantitative estimate of drug-likeness (QED) is 0.642. The fourth-order valence-electron chi connectivity index (χ4n) is 5.66. The van der Waals surface area contributed by atoms with Crippen molar-refractivity contribution in [2.24, 2.45) is 23.2 Å². The van der Waals surface area contributed by atoms with Gasteiger partial charge in [-0.05, 0) is 81.4 Å². The van der Waals surface area contributed by atoms with Crippen LogP contribution in [0.5, 0.6) is 5.75 Å². The predicted molar refractivity (Wildman–Crippen MR) is 104 cm³/mol. The third kappa shape index (κ3) is 3.63. The topological polar surface area (TPSA) is 84.5 Å². The van der Waals surface area contributed by atoms with Gasteiger partial charge in [0.2, 0.25) is 5.91 Å². The van der Waals surface area contributed by atoms with Crippen LogP contribution in [0.4, 0.5) is 0 Å².